The van der Waals surface area contributed by atoms with E-state index in [1.54, 1.807) is 6.07 Å². The number of rotatable bonds is 2. The van der Waals surface area contributed by atoms with E-state index >= 15 is 0 Å². The Labute approximate surface area is 78.7 Å². The van der Waals surface area contributed by atoms with Crippen LogP contribution in [0.25, 0.3) is 0 Å². The highest BCUT2D eigenvalue weighted by Gasteiger charge is 2.05. The second-order valence-corrected chi connectivity index (χ2v) is 3.44. The molecule has 0 aliphatic heterocycles. The van der Waals surface area contributed by atoms with Crippen molar-refractivity contribution in [3.8, 4) is 0 Å². The summed E-state index contributed by atoms with van der Waals surface area (Å²) < 4.78 is 0.805. The Morgan fingerprint density at radius 2 is 2.25 bits per heavy atom. The highest BCUT2D eigenvalue weighted by atomic mass is 79.9. The van der Waals surface area contributed by atoms with Gasteiger partial charge in [0, 0.05) is 15.0 Å². The summed E-state index contributed by atoms with van der Waals surface area (Å²) >= 11 is 3.27. The van der Waals surface area contributed by atoms with Gasteiger partial charge in [0.1, 0.15) is 0 Å². The highest BCUT2D eigenvalue weighted by molar-refractivity contribution is 9.10. The van der Waals surface area contributed by atoms with Gasteiger partial charge in [0.2, 0.25) is 6.54 Å². The first-order valence-corrected chi connectivity index (χ1v) is 4.25. The van der Waals surface area contributed by atoms with Gasteiger partial charge in [0.05, 0.1) is 0 Å². The summed E-state index contributed by atoms with van der Waals surface area (Å²) in [5.41, 5.74) is 1.81. The second kappa shape index (κ2) is 3.67. The predicted molar refractivity (Wildman–Crippen MR) is 49.6 cm³/mol. The van der Waals surface area contributed by atoms with E-state index in [1.165, 1.54) is 0 Å². The molecule has 0 fully saturated rings. The van der Waals surface area contributed by atoms with Crippen molar-refractivity contribution in [1.82, 2.24) is 0 Å². The molecule has 12 heavy (non-hydrogen) atoms. The maximum atomic E-state index is 10.2. The molecule has 0 atom stereocenters. The summed E-state index contributed by atoms with van der Waals surface area (Å²) in [5, 5.41) is 10.2. The van der Waals surface area contributed by atoms with Crippen LogP contribution in [-0.4, -0.2) is 4.92 Å². The first-order chi connectivity index (χ1) is 5.59. The van der Waals surface area contributed by atoms with Crippen LogP contribution >= 0.6 is 15.9 Å². The Morgan fingerprint density at radius 3 is 2.75 bits per heavy atom. The minimum atomic E-state index is -0.338. The normalized spacial score (nSPS) is 9.83. The molecule has 1 rings (SSSR count). The van der Waals surface area contributed by atoms with Crippen LogP contribution in [0.2, 0.25) is 0 Å². The minimum absolute atomic E-state index is 0.124. The van der Waals surface area contributed by atoms with Crippen molar-refractivity contribution in [3.63, 3.8) is 0 Å². The maximum absolute atomic E-state index is 10.2. The SMILES string of the molecule is Cc1ccc(C[N+](=O)[O-])c(Br)c1. The van der Waals surface area contributed by atoms with Gasteiger partial charge in [0.15, 0.2) is 0 Å². The fourth-order valence-corrected chi connectivity index (χ4v) is 1.54. The standard InChI is InChI=1S/C8H8BrNO2/c1-6-2-3-7(5-10(11)12)8(9)4-6/h2-4H,5H2,1H3. The van der Waals surface area contributed by atoms with Gasteiger partial charge in [-0.2, -0.15) is 0 Å². The molecule has 0 saturated heterocycles. The van der Waals surface area contributed by atoms with Gasteiger partial charge in [-0.25, -0.2) is 0 Å². The molecule has 0 N–H and O–H groups in total. The third-order valence-electron chi connectivity index (χ3n) is 1.51. The van der Waals surface area contributed by atoms with E-state index in [1.807, 2.05) is 19.1 Å². The lowest BCUT2D eigenvalue weighted by Crippen LogP contribution is -1.98. The molecular formula is C8H8BrNO2. The molecular weight excluding hydrogens is 222 g/mol. The fraction of sp³-hybridized carbons (Fsp3) is 0.250. The fourth-order valence-electron chi connectivity index (χ4n) is 0.920. The zero-order chi connectivity index (χ0) is 9.14. The molecule has 0 aromatic heterocycles. The molecule has 0 bridgehead atoms. The molecule has 1 aromatic carbocycles. The van der Waals surface area contributed by atoms with Crippen LogP contribution < -0.4 is 0 Å². The van der Waals surface area contributed by atoms with Crippen LogP contribution in [-0.2, 0) is 6.54 Å². The van der Waals surface area contributed by atoms with Gasteiger partial charge in [-0.3, -0.25) is 10.1 Å². The van der Waals surface area contributed by atoms with Crippen molar-refractivity contribution >= 4 is 15.9 Å². The van der Waals surface area contributed by atoms with Crippen LogP contribution in [0.5, 0.6) is 0 Å². The smallest absolute Gasteiger partial charge is 0.230 e. The lowest BCUT2D eigenvalue weighted by molar-refractivity contribution is -0.497. The van der Waals surface area contributed by atoms with E-state index in [0.29, 0.717) is 5.56 Å². The Hall–Kier alpha value is -0.900. The average molecular weight is 230 g/mol. The number of halogens is 1. The van der Waals surface area contributed by atoms with E-state index in [0.717, 1.165) is 10.0 Å². The van der Waals surface area contributed by atoms with Crippen molar-refractivity contribution < 1.29 is 4.92 Å². The monoisotopic (exact) mass is 229 g/mol. The minimum Gasteiger partial charge on any atom is -0.264 e. The van der Waals surface area contributed by atoms with Crippen molar-refractivity contribution in [2.24, 2.45) is 0 Å². The number of hydrogen-bond acceptors (Lipinski definition) is 2. The highest BCUT2D eigenvalue weighted by Crippen LogP contribution is 2.18. The Kier molecular flexibility index (Phi) is 2.81. The molecule has 1 aromatic rings. The molecule has 0 heterocycles. The van der Waals surface area contributed by atoms with Crippen molar-refractivity contribution in [3.05, 3.63) is 43.9 Å². The Balaban J connectivity index is 2.93. The first kappa shape index (κ1) is 9.19. The zero-order valence-corrected chi connectivity index (χ0v) is 8.17. The first-order valence-electron chi connectivity index (χ1n) is 3.46. The van der Waals surface area contributed by atoms with Crippen LogP contribution in [0.15, 0.2) is 22.7 Å². The lowest BCUT2D eigenvalue weighted by atomic mass is 10.1. The number of nitro groups is 1. The van der Waals surface area contributed by atoms with Gasteiger partial charge >= 0.3 is 0 Å². The van der Waals surface area contributed by atoms with Gasteiger partial charge in [-0.05, 0) is 18.6 Å². The molecule has 0 spiro atoms. The molecule has 0 amide bonds. The molecule has 3 nitrogen and oxygen atoms in total. The van der Waals surface area contributed by atoms with Crippen LogP contribution in [0.1, 0.15) is 11.1 Å². The molecule has 4 heteroatoms. The molecule has 64 valence electrons. The molecule has 0 saturated carbocycles. The van der Waals surface area contributed by atoms with Crippen LogP contribution in [0, 0.1) is 17.0 Å². The Morgan fingerprint density at radius 1 is 1.58 bits per heavy atom. The largest absolute Gasteiger partial charge is 0.264 e. The lowest BCUT2D eigenvalue weighted by Gasteiger charge is -1.99. The van der Waals surface area contributed by atoms with E-state index in [2.05, 4.69) is 15.9 Å². The van der Waals surface area contributed by atoms with Crippen LogP contribution in [0.4, 0.5) is 0 Å². The third-order valence-corrected chi connectivity index (χ3v) is 2.25. The summed E-state index contributed by atoms with van der Waals surface area (Å²) in [5.74, 6) is 0. The molecule has 0 aliphatic rings. The van der Waals surface area contributed by atoms with E-state index in [4.69, 9.17) is 0 Å². The van der Waals surface area contributed by atoms with Crippen LogP contribution in [0.3, 0.4) is 0 Å². The Bertz CT molecular complexity index is 312. The van der Waals surface area contributed by atoms with Crippen molar-refractivity contribution in [2.75, 3.05) is 0 Å². The van der Waals surface area contributed by atoms with Gasteiger partial charge in [-0.1, -0.05) is 28.1 Å². The zero-order valence-electron chi connectivity index (χ0n) is 6.58. The van der Waals surface area contributed by atoms with E-state index in [-0.39, 0.29) is 11.5 Å². The van der Waals surface area contributed by atoms with E-state index < -0.39 is 0 Å². The van der Waals surface area contributed by atoms with Crippen molar-refractivity contribution in [2.45, 2.75) is 13.5 Å². The van der Waals surface area contributed by atoms with Crippen molar-refractivity contribution in [1.29, 1.82) is 0 Å². The molecule has 0 radical (unpaired) electrons. The summed E-state index contributed by atoms with van der Waals surface area (Å²) in [6.07, 6.45) is 0. The number of hydrogen-bond donors (Lipinski definition) is 0. The third kappa shape index (κ3) is 2.30. The summed E-state index contributed by atoms with van der Waals surface area (Å²) in [4.78, 5) is 9.85. The quantitative estimate of drug-likeness (QED) is 0.578. The number of nitrogens with zero attached hydrogens (tertiary/aromatic N) is 1. The summed E-state index contributed by atoms with van der Waals surface area (Å²) in [6.45, 7) is 1.82. The second-order valence-electron chi connectivity index (χ2n) is 2.59. The van der Waals surface area contributed by atoms with E-state index in [9.17, 15) is 10.1 Å². The summed E-state index contributed by atoms with van der Waals surface area (Å²) in [6, 6.07) is 5.50. The molecule has 0 aliphatic carbocycles. The molecule has 0 unspecified atom stereocenters. The number of aryl methyl sites for hydroxylation is 1. The van der Waals surface area contributed by atoms with Gasteiger partial charge in [0.25, 0.3) is 0 Å². The number of benzene rings is 1. The maximum Gasteiger partial charge on any atom is 0.230 e. The topological polar surface area (TPSA) is 43.1 Å². The van der Waals surface area contributed by atoms with Gasteiger partial charge < -0.3 is 0 Å². The van der Waals surface area contributed by atoms with Gasteiger partial charge in [-0.15, -0.1) is 0 Å². The average Bonchev–Trinajstić information content (AvgIpc) is 1.94. The summed E-state index contributed by atoms with van der Waals surface area (Å²) in [7, 11) is 0. The predicted octanol–water partition coefficient (Wildman–Crippen LogP) is 2.53.